The highest BCUT2D eigenvalue weighted by Gasteiger charge is 2.13. The minimum Gasteiger partial charge on any atom is -0.353 e. The second-order valence-electron chi connectivity index (χ2n) is 3.92. The number of rotatable bonds is 3. The average Bonchev–Trinajstić information content (AvgIpc) is 2.38. The molecule has 0 radical (unpaired) electrons. The van der Waals surface area contributed by atoms with Gasteiger partial charge < -0.3 is 9.47 Å². The van der Waals surface area contributed by atoms with Crippen molar-refractivity contribution >= 4 is 0 Å². The van der Waals surface area contributed by atoms with Crippen molar-refractivity contribution in [3.63, 3.8) is 0 Å². The summed E-state index contributed by atoms with van der Waals surface area (Å²) < 4.78 is 11.1. The van der Waals surface area contributed by atoms with E-state index in [-0.39, 0.29) is 6.29 Å². The first-order chi connectivity index (χ1) is 7.88. The molecule has 3 heteroatoms. The zero-order chi connectivity index (χ0) is 11.2. The molecule has 0 aliphatic carbocycles. The van der Waals surface area contributed by atoms with Gasteiger partial charge in [-0.3, -0.25) is 0 Å². The summed E-state index contributed by atoms with van der Waals surface area (Å²) in [5, 5.41) is 8.76. The summed E-state index contributed by atoms with van der Waals surface area (Å²) >= 11 is 0. The molecule has 3 nitrogen and oxygen atoms in total. The van der Waals surface area contributed by atoms with E-state index >= 15 is 0 Å². The van der Waals surface area contributed by atoms with Crippen LogP contribution in [0.1, 0.15) is 30.4 Å². The maximum atomic E-state index is 8.76. The van der Waals surface area contributed by atoms with Crippen molar-refractivity contribution in [3.05, 3.63) is 35.4 Å². The molecule has 0 amide bonds. The van der Waals surface area contributed by atoms with Crippen LogP contribution in [0.25, 0.3) is 0 Å². The van der Waals surface area contributed by atoms with Gasteiger partial charge in [0.2, 0.25) is 0 Å². The van der Waals surface area contributed by atoms with E-state index in [1.165, 1.54) is 6.42 Å². The van der Waals surface area contributed by atoms with E-state index in [1.807, 2.05) is 18.2 Å². The van der Waals surface area contributed by atoms with E-state index in [1.54, 1.807) is 6.07 Å². The van der Waals surface area contributed by atoms with Crippen LogP contribution in [0.4, 0.5) is 0 Å². The molecule has 1 aromatic rings. The predicted octanol–water partition coefficient (Wildman–Crippen LogP) is 2.60. The smallest absolute Gasteiger partial charge is 0.158 e. The van der Waals surface area contributed by atoms with Crippen LogP contribution in [-0.2, 0) is 16.1 Å². The summed E-state index contributed by atoms with van der Waals surface area (Å²) in [7, 11) is 0. The fourth-order valence-corrected chi connectivity index (χ4v) is 1.76. The monoisotopic (exact) mass is 217 g/mol. The van der Waals surface area contributed by atoms with Crippen LogP contribution in [0, 0.1) is 11.3 Å². The van der Waals surface area contributed by atoms with Gasteiger partial charge in [-0.05, 0) is 37.0 Å². The Labute approximate surface area is 95.6 Å². The number of ether oxygens (including phenoxy) is 2. The van der Waals surface area contributed by atoms with Crippen molar-refractivity contribution in [2.24, 2.45) is 0 Å². The van der Waals surface area contributed by atoms with Gasteiger partial charge in [-0.25, -0.2) is 0 Å². The molecule has 0 saturated carbocycles. The molecule has 84 valence electrons. The van der Waals surface area contributed by atoms with E-state index in [2.05, 4.69) is 6.07 Å². The van der Waals surface area contributed by atoms with Crippen LogP contribution < -0.4 is 0 Å². The van der Waals surface area contributed by atoms with Gasteiger partial charge in [0.25, 0.3) is 0 Å². The van der Waals surface area contributed by atoms with E-state index < -0.39 is 0 Å². The maximum absolute atomic E-state index is 8.76. The van der Waals surface area contributed by atoms with Gasteiger partial charge in [-0.15, -0.1) is 0 Å². The first kappa shape index (κ1) is 11.1. The largest absolute Gasteiger partial charge is 0.353 e. The van der Waals surface area contributed by atoms with E-state index in [0.717, 1.165) is 25.0 Å². The standard InChI is InChI=1S/C13H15NO2/c14-9-11-4-3-5-12(8-11)10-16-13-6-1-2-7-15-13/h3-5,8,13H,1-2,6-7,10H2/t13-/m0/s1. The van der Waals surface area contributed by atoms with Crippen molar-refractivity contribution < 1.29 is 9.47 Å². The summed E-state index contributed by atoms with van der Waals surface area (Å²) in [6.07, 6.45) is 3.20. The Balaban J connectivity index is 1.86. The van der Waals surface area contributed by atoms with E-state index in [9.17, 15) is 0 Å². The van der Waals surface area contributed by atoms with Crippen LogP contribution in [0.15, 0.2) is 24.3 Å². The molecular formula is C13H15NO2. The normalized spacial score (nSPS) is 20.3. The Hall–Kier alpha value is -1.37. The molecule has 0 unspecified atom stereocenters. The molecule has 16 heavy (non-hydrogen) atoms. The van der Waals surface area contributed by atoms with Crippen molar-refractivity contribution in [2.75, 3.05) is 6.61 Å². The zero-order valence-corrected chi connectivity index (χ0v) is 9.19. The lowest BCUT2D eigenvalue weighted by Crippen LogP contribution is -2.21. The summed E-state index contributed by atoms with van der Waals surface area (Å²) in [5.41, 5.74) is 1.69. The van der Waals surface area contributed by atoms with E-state index in [0.29, 0.717) is 12.2 Å². The summed E-state index contributed by atoms with van der Waals surface area (Å²) in [5.74, 6) is 0. The zero-order valence-electron chi connectivity index (χ0n) is 9.19. The third kappa shape index (κ3) is 3.06. The molecule has 1 fully saturated rings. The topological polar surface area (TPSA) is 42.2 Å². The lowest BCUT2D eigenvalue weighted by molar-refractivity contribution is -0.168. The number of nitriles is 1. The molecular weight excluding hydrogens is 202 g/mol. The van der Waals surface area contributed by atoms with Crippen molar-refractivity contribution in [2.45, 2.75) is 32.2 Å². The van der Waals surface area contributed by atoms with Gasteiger partial charge >= 0.3 is 0 Å². The molecule has 1 atom stereocenters. The SMILES string of the molecule is N#Cc1cccc(CO[C@H]2CCCCO2)c1. The highest BCUT2D eigenvalue weighted by molar-refractivity contribution is 5.32. The predicted molar refractivity (Wildman–Crippen MR) is 59.5 cm³/mol. The first-order valence-corrected chi connectivity index (χ1v) is 5.61. The van der Waals surface area contributed by atoms with Gasteiger partial charge in [0.1, 0.15) is 0 Å². The minimum atomic E-state index is -0.0699. The van der Waals surface area contributed by atoms with Crippen molar-refractivity contribution in [3.8, 4) is 6.07 Å². The highest BCUT2D eigenvalue weighted by Crippen LogP contribution is 2.15. The van der Waals surface area contributed by atoms with Crippen molar-refractivity contribution in [1.82, 2.24) is 0 Å². The molecule has 1 aliphatic rings. The molecule has 1 aliphatic heterocycles. The molecule has 0 spiro atoms. The Morgan fingerprint density at radius 2 is 2.38 bits per heavy atom. The highest BCUT2D eigenvalue weighted by atomic mass is 16.7. The average molecular weight is 217 g/mol. The number of benzene rings is 1. The van der Waals surface area contributed by atoms with Gasteiger partial charge in [0.05, 0.1) is 18.2 Å². The Morgan fingerprint density at radius 3 is 3.12 bits per heavy atom. The molecule has 2 rings (SSSR count). The molecule has 0 aromatic heterocycles. The Kier molecular flexibility index (Phi) is 3.92. The first-order valence-electron chi connectivity index (χ1n) is 5.61. The number of hydrogen-bond donors (Lipinski definition) is 0. The fraction of sp³-hybridized carbons (Fsp3) is 0.462. The second kappa shape index (κ2) is 5.64. The quantitative estimate of drug-likeness (QED) is 0.781. The van der Waals surface area contributed by atoms with Crippen LogP contribution in [-0.4, -0.2) is 12.9 Å². The fourth-order valence-electron chi connectivity index (χ4n) is 1.76. The van der Waals surface area contributed by atoms with E-state index in [4.69, 9.17) is 14.7 Å². The summed E-state index contributed by atoms with van der Waals surface area (Å²) in [6, 6.07) is 9.60. The van der Waals surface area contributed by atoms with Crippen molar-refractivity contribution in [1.29, 1.82) is 5.26 Å². The molecule has 0 bridgehead atoms. The minimum absolute atomic E-state index is 0.0699. The Bertz CT molecular complexity index is 378. The van der Waals surface area contributed by atoms with Gasteiger partial charge in [0, 0.05) is 6.61 Å². The van der Waals surface area contributed by atoms with Crippen LogP contribution in [0.5, 0.6) is 0 Å². The van der Waals surface area contributed by atoms with Crippen LogP contribution in [0.2, 0.25) is 0 Å². The molecule has 0 N–H and O–H groups in total. The molecule has 1 heterocycles. The second-order valence-corrected chi connectivity index (χ2v) is 3.92. The molecule has 1 saturated heterocycles. The Morgan fingerprint density at radius 1 is 1.44 bits per heavy atom. The van der Waals surface area contributed by atoms with Gasteiger partial charge in [0.15, 0.2) is 6.29 Å². The third-order valence-corrected chi connectivity index (χ3v) is 2.63. The number of hydrogen-bond acceptors (Lipinski definition) is 3. The lowest BCUT2D eigenvalue weighted by Gasteiger charge is -2.22. The third-order valence-electron chi connectivity index (χ3n) is 2.63. The summed E-state index contributed by atoms with van der Waals surface area (Å²) in [4.78, 5) is 0. The van der Waals surface area contributed by atoms with Crippen LogP contribution in [0.3, 0.4) is 0 Å². The maximum Gasteiger partial charge on any atom is 0.158 e. The van der Waals surface area contributed by atoms with Gasteiger partial charge in [-0.1, -0.05) is 12.1 Å². The summed E-state index contributed by atoms with van der Waals surface area (Å²) in [6.45, 7) is 1.31. The van der Waals surface area contributed by atoms with Crippen LogP contribution >= 0.6 is 0 Å². The number of nitrogens with zero attached hydrogens (tertiary/aromatic N) is 1. The lowest BCUT2D eigenvalue weighted by atomic mass is 10.1. The van der Waals surface area contributed by atoms with Gasteiger partial charge in [-0.2, -0.15) is 5.26 Å². The molecule has 1 aromatic carbocycles.